The molecule has 0 amide bonds. The van der Waals surface area contributed by atoms with Crippen LogP contribution in [-0.4, -0.2) is 36.1 Å². The molecule has 2 nitrogen and oxygen atoms in total. The lowest BCUT2D eigenvalue weighted by Crippen LogP contribution is -2.58. The van der Waals surface area contributed by atoms with Gasteiger partial charge in [0, 0.05) is 31.2 Å². The van der Waals surface area contributed by atoms with Crippen molar-refractivity contribution in [3.8, 4) is 0 Å². The third-order valence-electron chi connectivity index (χ3n) is 3.89. The maximum atomic E-state index is 3.51. The van der Waals surface area contributed by atoms with Crippen molar-refractivity contribution in [1.29, 1.82) is 0 Å². The highest BCUT2D eigenvalue weighted by molar-refractivity contribution is 4.88. The van der Waals surface area contributed by atoms with Crippen molar-refractivity contribution in [3.05, 3.63) is 0 Å². The van der Waals surface area contributed by atoms with Crippen molar-refractivity contribution in [1.82, 2.24) is 10.2 Å². The lowest BCUT2D eigenvalue weighted by atomic mass is 9.91. The normalized spacial score (nSPS) is 37.3. The van der Waals surface area contributed by atoms with Crippen molar-refractivity contribution >= 4 is 0 Å². The predicted octanol–water partition coefficient (Wildman–Crippen LogP) is 2.00. The largest absolute Gasteiger partial charge is 0.314 e. The zero-order valence-corrected chi connectivity index (χ0v) is 9.63. The topological polar surface area (TPSA) is 15.3 Å². The minimum Gasteiger partial charge on any atom is -0.314 e. The summed E-state index contributed by atoms with van der Waals surface area (Å²) in [6, 6.07) is 2.36. The smallest absolute Gasteiger partial charge is 0.0198 e. The van der Waals surface area contributed by atoms with Gasteiger partial charge in [0.15, 0.2) is 0 Å². The molecule has 0 aromatic rings. The first-order chi connectivity index (χ1) is 6.79. The maximum Gasteiger partial charge on any atom is 0.0198 e. The Labute approximate surface area is 88.1 Å². The first-order valence-electron chi connectivity index (χ1n) is 6.27. The first kappa shape index (κ1) is 10.4. The van der Waals surface area contributed by atoms with Gasteiger partial charge in [-0.3, -0.25) is 4.90 Å². The molecule has 2 atom stereocenters. The highest BCUT2D eigenvalue weighted by Crippen LogP contribution is 2.26. The molecule has 0 unspecified atom stereocenters. The SMILES string of the molecule is C[C@@H]1CNC[C@H](C)N1C1CCCCC1. The zero-order valence-electron chi connectivity index (χ0n) is 9.63. The number of hydrogen-bond acceptors (Lipinski definition) is 2. The van der Waals surface area contributed by atoms with Gasteiger partial charge >= 0.3 is 0 Å². The molecule has 82 valence electrons. The van der Waals surface area contributed by atoms with E-state index in [9.17, 15) is 0 Å². The van der Waals surface area contributed by atoms with Gasteiger partial charge in [0.1, 0.15) is 0 Å². The Morgan fingerprint density at radius 1 is 0.929 bits per heavy atom. The average molecular weight is 196 g/mol. The van der Waals surface area contributed by atoms with Gasteiger partial charge in [-0.05, 0) is 26.7 Å². The van der Waals surface area contributed by atoms with Crippen LogP contribution in [0.5, 0.6) is 0 Å². The summed E-state index contributed by atoms with van der Waals surface area (Å²) in [5.74, 6) is 0. The van der Waals surface area contributed by atoms with Crippen LogP contribution in [0.4, 0.5) is 0 Å². The van der Waals surface area contributed by atoms with E-state index in [0.29, 0.717) is 0 Å². The van der Waals surface area contributed by atoms with Gasteiger partial charge < -0.3 is 5.32 Å². The van der Waals surface area contributed by atoms with Crippen molar-refractivity contribution in [2.75, 3.05) is 13.1 Å². The van der Waals surface area contributed by atoms with E-state index in [1.807, 2.05) is 0 Å². The first-order valence-corrected chi connectivity index (χ1v) is 6.27. The third-order valence-corrected chi connectivity index (χ3v) is 3.89. The quantitative estimate of drug-likeness (QED) is 0.690. The number of piperazine rings is 1. The van der Waals surface area contributed by atoms with Crippen molar-refractivity contribution in [2.45, 2.75) is 64.1 Å². The molecule has 2 rings (SSSR count). The molecular formula is C12H24N2. The van der Waals surface area contributed by atoms with E-state index in [0.717, 1.165) is 18.1 Å². The summed E-state index contributed by atoms with van der Waals surface area (Å²) in [5.41, 5.74) is 0. The average Bonchev–Trinajstić information content (AvgIpc) is 2.19. The van der Waals surface area contributed by atoms with Crippen LogP contribution in [-0.2, 0) is 0 Å². The Hall–Kier alpha value is -0.0800. The van der Waals surface area contributed by atoms with Gasteiger partial charge in [0.05, 0.1) is 0 Å². The number of rotatable bonds is 1. The van der Waals surface area contributed by atoms with E-state index in [2.05, 4.69) is 24.1 Å². The second kappa shape index (κ2) is 4.63. The molecule has 0 aromatic heterocycles. The summed E-state index contributed by atoms with van der Waals surface area (Å²) < 4.78 is 0. The van der Waals surface area contributed by atoms with Crippen LogP contribution in [0.25, 0.3) is 0 Å². The minimum absolute atomic E-state index is 0.738. The van der Waals surface area contributed by atoms with Crippen LogP contribution in [0, 0.1) is 0 Å². The molecule has 2 heteroatoms. The summed E-state index contributed by atoms with van der Waals surface area (Å²) in [7, 11) is 0. The Balaban J connectivity index is 1.97. The van der Waals surface area contributed by atoms with E-state index in [1.165, 1.54) is 45.2 Å². The number of nitrogens with one attached hydrogen (secondary N) is 1. The van der Waals surface area contributed by atoms with Gasteiger partial charge in [-0.1, -0.05) is 19.3 Å². The van der Waals surface area contributed by atoms with Gasteiger partial charge in [-0.25, -0.2) is 0 Å². The molecule has 0 radical (unpaired) electrons. The molecule has 1 saturated carbocycles. The summed E-state index contributed by atoms with van der Waals surface area (Å²) >= 11 is 0. The van der Waals surface area contributed by atoms with E-state index < -0.39 is 0 Å². The second-order valence-corrected chi connectivity index (χ2v) is 5.10. The summed E-state index contributed by atoms with van der Waals surface area (Å²) in [6.07, 6.45) is 7.25. The molecule has 0 aromatic carbocycles. The van der Waals surface area contributed by atoms with Gasteiger partial charge in [-0.15, -0.1) is 0 Å². The maximum absolute atomic E-state index is 3.51. The third kappa shape index (κ3) is 2.12. The molecule has 1 heterocycles. The lowest BCUT2D eigenvalue weighted by molar-refractivity contribution is 0.0477. The Morgan fingerprint density at radius 2 is 1.50 bits per heavy atom. The van der Waals surface area contributed by atoms with Gasteiger partial charge in [-0.2, -0.15) is 0 Å². The molecule has 1 N–H and O–H groups in total. The van der Waals surface area contributed by atoms with Crippen LogP contribution in [0.1, 0.15) is 46.0 Å². The Bertz CT molecular complexity index is 165. The van der Waals surface area contributed by atoms with E-state index in [4.69, 9.17) is 0 Å². The molecule has 1 saturated heterocycles. The van der Waals surface area contributed by atoms with E-state index in [-0.39, 0.29) is 0 Å². The van der Waals surface area contributed by atoms with Crippen LogP contribution >= 0.6 is 0 Å². The summed E-state index contributed by atoms with van der Waals surface area (Å²) in [4.78, 5) is 2.77. The van der Waals surface area contributed by atoms with Crippen molar-refractivity contribution < 1.29 is 0 Å². The highest BCUT2D eigenvalue weighted by atomic mass is 15.3. The molecule has 1 aliphatic heterocycles. The zero-order chi connectivity index (χ0) is 9.97. The van der Waals surface area contributed by atoms with E-state index in [1.54, 1.807) is 0 Å². The van der Waals surface area contributed by atoms with Crippen LogP contribution in [0.3, 0.4) is 0 Å². The van der Waals surface area contributed by atoms with E-state index >= 15 is 0 Å². The molecule has 0 bridgehead atoms. The number of hydrogen-bond donors (Lipinski definition) is 1. The van der Waals surface area contributed by atoms with Crippen LogP contribution in [0.2, 0.25) is 0 Å². The molecular weight excluding hydrogens is 172 g/mol. The minimum atomic E-state index is 0.738. The second-order valence-electron chi connectivity index (χ2n) is 5.10. The number of nitrogens with zero attached hydrogens (tertiary/aromatic N) is 1. The van der Waals surface area contributed by atoms with Crippen LogP contribution in [0.15, 0.2) is 0 Å². The fourth-order valence-corrected chi connectivity index (χ4v) is 3.25. The Morgan fingerprint density at radius 3 is 2.07 bits per heavy atom. The Kier molecular flexibility index (Phi) is 3.45. The summed E-state index contributed by atoms with van der Waals surface area (Å²) in [6.45, 7) is 7.11. The predicted molar refractivity (Wildman–Crippen MR) is 60.5 cm³/mol. The standard InChI is InChI=1S/C12H24N2/c1-10-8-13-9-11(2)14(10)12-6-4-3-5-7-12/h10-13H,3-9H2,1-2H3/t10-,11+. The van der Waals surface area contributed by atoms with Gasteiger partial charge in [0.2, 0.25) is 0 Å². The van der Waals surface area contributed by atoms with Gasteiger partial charge in [0.25, 0.3) is 0 Å². The molecule has 0 spiro atoms. The van der Waals surface area contributed by atoms with Crippen molar-refractivity contribution in [3.63, 3.8) is 0 Å². The van der Waals surface area contributed by atoms with Crippen molar-refractivity contribution in [2.24, 2.45) is 0 Å². The highest BCUT2D eigenvalue weighted by Gasteiger charge is 2.31. The summed E-state index contributed by atoms with van der Waals surface area (Å²) in [5, 5.41) is 3.51. The molecule has 14 heavy (non-hydrogen) atoms. The van der Waals surface area contributed by atoms with Crippen LogP contribution < -0.4 is 5.32 Å². The molecule has 1 aliphatic carbocycles. The molecule has 2 fully saturated rings. The monoisotopic (exact) mass is 196 g/mol. The molecule has 2 aliphatic rings. The fraction of sp³-hybridized carbons (Fsp3) is 1.00. The lowest BCUT2D eigenvalue weighted by Gasteiger charge is -2.45. The fourth-order valence-electron chi connectivity index (χ4n) is 3.25.